The zero-order valence-corrected chi connectivity index (χ0v) is 12.4. The van der Waals surface area contributed by atoms with Gasteiger partial charge in [0.05, 0.1) is 5.52 Å². The van der Waals surface area contributed by atoms with Crippen LogP contribution in [0.25, 0.3) is 10.9 Å². The maximum Gasteiger partial charge on any atom is 0.274 e. The van der Waals surface area contributed by atoms with Crippen LogP contribution in [0.4, 0.5) is 0 Å². The van der Waals surface area contributed by atoms with E-state index in [-0.39, 0.29) is 11.9 Å². The normalized spacial score (nSPS) is 11.4. The molecule has 3 rings (SSSR count). The maximum absolute atomic E-state index is 12.1. The number of benzene rings is 1. The summed E-state index contributed by atoms with van der Waals surface area (Å²) >= 11 is 0. The molecule has 2 aromatic heterocycles. The molecule has 0 aliphatic carbocycles. The number of aromatic nitrogens is 2. The highest BCUT2D eigenvalue weighted by atomic mass is 16.5. The summed E-state index contributed by atoms with van der Waals surface area (Å²) in [6.45, 7) is 0. The maximum atomic E-state index is 12.1. The van der Waals surface area contributed by atoms with Crippen molar-refractivity contribution in [1.82, 2.24) is 15.3 Å². The standard InChI is InChI=1S/C16H15N5O2/c1-18-16(17)21-15(22)12-9-10-3-2-4-13(14(10)20-12)23-11-5-7-19-8-6-11/h2-9,20H,1H3,(H3,17,18,21,22). The largest absolute Gasteiger partial charge is 0.455 e. The van der Waals surface area contributed by atoms with E-state index in [1.54, 1.807) is 30.6 Å². The molecule has 0 saturated heterocycles. The van der Waals surface area contributed by atoms with Gasteiger partial charge in [-0.2, -0.15) is 0 Å². The molecule has 0 aliphatic rings. The fraction of sp³-hybridized carbons (Fsp3) is 0.0625. The summed E-state index contributed by atoms with van der Waals surface area (Å²) in [4.78, 5) is 22.8. The number of hydrogen-bond donors (Lipinski definition) is 3. The van der Waals surface area contributed by atoms with Crippen LogP contribution in [0.2, 0.25) is 0 Å². The number of nitrogens with one attached hydrogen (secondary N) is 2. The summed E-state index contributed by atoms with van der Waals surface area (Å²) in [5.41, 5.74) is 6.61. The monoisotopic (exact) mass is 309 g/mol. The molecule has 0 saturated carbocycles. The lowest BCUT2D eigenvalue weighted by atomic mass is 10.2. The summed E-state index contributed by atoms with van der Waals surface area (Å²) in [5.74, 6) is 0.974. The van der Waals surface area contributed by atoms with Crippen LogP contribution in [0.3, 0.4) is 0 Å². The van der Waals surface area contributed by atoms with Gasteiger partial charge >= 0.3 is 0 Å². The fourth-order valence-corrected chi connectivity index (χ4v) is 2.11. The van der Waals surface area contributed by atoms with Crippen LogP contribution in [0.5, 0.6) is 11.5 Å². The first-order valence-corrected chi connectivity index (χ1v) is 6.90. The molecule has 116 valence electrons. The summed E-state index contributed by atoms with van der Waals surface area (Å²) in [7, 11) is 1.50. The van der Waals surface area contributed by atoms with Crippen molar-refractivity contribution in [2.45, 2.75) is 0 Å². The molecule has 0 atom stereocenters. The molecule has 0 aliphatic heterocycles. The Morgan fingerprint density at radius 3 is 2.83 bits per heavy atom. The SMILES string of the molecule is CN=C(N)NC(=O)c1cc2cccc(Oc3ccncc3)c2[nH]1. The van der Waals surface area contributed by atoms with Crippen molar-refractivity contribution < 1.29 is 9.53 Å². The number of pyridine rings is 1. The van der Waals surface area contributed by atoms with E-state index >= 15 is 0 Å². The zero-order valence-electron chi connectivity index (χ0n) is 12.4. The third-order valence-corrected chi connectivity index (χ3v) is 3.22. The van der Waals surface area contributed by atoms with Gasteiger partial charge in [-0.25, -0.2) is 0 Å². The first kappa shape index (κ1) is 14.6. The Labute approximate surface area is 132 Å². The number of aliphatic imine (C=N–C) groups is 1. The molecule has 0 fully saturated rings. The lowest BCUT2D eigenvalue weighted by molar-refractivity contribution is 0.0972. The molecule has 23 heavy (non-hydrogen) atoms. The second-order valence-electron chi connectivity index (χ2n) is 4.75. The highest BCUT2D eigenvalue weighted by molar-refractivity contribution is 6.07. The summed E-state index contributed by atoms with van der Waals surface area (Å²) in [5, 5.41) is 3.34. The van der Waals surface area contributed by atoms with Crippen LogP contribution in [0, 0.1) is 0 Å². The van der Waals surface area contributed by atoms with Crippen molar-refractivity contribution in [1.29, 1.82) is 0 Å². The van der Waals surface area contributed by atoms with Crippen molar-refractivity contribution in [2.24, 2.45) is 10.7 Å². The lowest BCUT2D eigenvalue weighted by Crippen LogP contribution is -2.36. The van der Waals surface area contributed by atoms with Crippen LogP contribution in [-0.2, 0) is 0 Å². The number of carbonyl (C=O) groups is 1. The number of amides is 1. The van der Waals surface area contributed by atoms with E-state index in [9.17, 15) is 4.79 Å². The van der Waals surface area contributed by atoms with Gasteiger partial charge in [0.2, 0.25) is 0 Å². The number of para-hydroxylation sites is 1. The quantitative estimate of drug-likeness (QED) is 0.508. The van der Waals surface area contributed by atoms with Crippen LogP contribution in [0.15, 0.2) is 53.8 Å². The number of H-pyrrole nitrogens is 1. The second kappa shape index (κ2) is 6.18. The van der Waals surface area contributed by atoms with Crippen LogP contribution in [-0.4, -0.2) is 28.9 Å². The van der Waals surface area contributed by atoms with Gasteiger partial charge in [0, 0.05) is 24.8 Å². The van der Waals surface area contributed by atoms with Gasteiger partial charge in [0.15, 0.2) is 11.7 Å². The number of ether oxygens (including phenoxy) is 1. The van der Waals surface area contributed by atoms with Crippen molar-refractivity contribution in [3.63, 3.8) is 0 Å². The molecule has 0 unspecified atom stereocenters. The minimum absolute atomic E-state index is 0.0573. The van der Waals surface area contributed by atoms with Gasteiger partial charge in [-0.15, -0.1) is 0 Å². The Kier molecular flexibility index (Phi) is 3.92. The van der Waals surface area contributed by atoms with E-state index < -0.39 is 0 Å². The number of rotatable bonds is 3. The predicted octanol–water partition coefficient (Wildman–Crippen LogP) is 2.03. The predicted molar refractivity (Wildman–Crippen MR) is 87.6 cm³/mol. The van der Waals surface area contributed by atoms with Crippen LogP contribution in [0.1, 0.15) is 10.5 Å². The average molecular weight is 309 g/mol. The summed E-state index contributed by atoms with van der Waals surface area (Å²) in [6, 6.07) is 10.8. The second-order valence-corrected chi connectivity index (χ2v) is 4.75. The summed E-state index contributed by atoms with van der Waals surface area (Å²) < 4.78 is 5.84. The molecule has 1 aromatic carbocycles. The Morgan fingerprint density at radius 2 is 2.09 bits per heavy atom. The number of nitrogens with two attached hydrogens (primary N) is 1. The molecule has 3 aromatic rings. The van der Waals surface area contributed by atoms with Gasteiger partial charge in [-0.1, -0.05) is 12.1 Å². The van der Waals surface area contributed by atoms with E-state index in [0.717, 1.165) is 10.9 Å². The van der Waals surface area contributed by atoms with Crippen molar-refractivity contribution >= 4 is 22.8 Å². The van der Waals surface area contributed by atoms with Crippen molar-refractivity contribution in [2.75, 3.05) is 7.05 Å². The molecule has 1 amide bonds. The number of fused-ring (bicyclic) bond motifs is 1. The third kappa shape index (κ3) is 3.13. The number of guanidine groups is 1. The van der Waals surface area contributed by atoms with Gasteiger partial charge in [-0.3, -0.25) is 20.1 Å². The first-order valence-electron chi connectivity index (χ1n) is 6.90. The van der Waals surface area contributed by atoms with E-state index in [1.807, 2.05) is 18.2 Å². The molecular formula is C16H15N5O2. The number of hydrogen-bond acceptors (Lipinski definition) is 4. The minimum atomic E-state index is -0.362. The number of nitrogens with zero attached hydrogens (tertiary/aromatic N) is 2. The van der Waals surface area contributed by atoms with Crippen LogP contribution >= 0.6 is 0 Å². The van der Waals surface area contributed by atoms with E-state index in [2.05, 4.69) is 20.3 Å². The average Bonchev–Trinajstić information content (AvgIpc) is 3.01. The molecule has 4 N–H and O–H groups in total. The summed E-state index contributed by atoms with van der Waals surface area (Å²) in [6.07, 6.45) is 3.30. The Bertz CT molecular complexity index is 871. The Balaban J connectivity index is 1.94. The molecule has 7 heteroatoms. The topological polar surface area (TPSA) is 105 Å². The van der Waals surface area contributed by atoms with Gasteiger partial charge in [0.1, 0.15) is 11.4 Å². The zero-order chi connectivity index (χ0) is 16.2. The van der Waals surface area contributed by atoms with Gasteiger partial charge in [-0.05, 0) is 24.3 Å². The first-order chi connectivity index (χ1) is 11.2. The van der Waals surface area contributed by atoms with Crippen LogP contribution < -0.4 is 15.8 Å². The fourth-order valence-electron chi connectivity index (χ4n) is 2.11. The van der Waals surface area contributed by atoms with Gasteiger partial charge in [0.25, 0.3) is 5.91 Å². The van der Waals surface area contributed by atoms with E-state index in [0.29, 0.717) is 17.2 Å². The van der Waals surface area contributed by atoms with E-state index in [1.165, 1.54) is 7.05 Å². The highest BCUT2D eigenvalue weighted by Gasteiger charge is 2.13. The molecule has 0 radical (unpaired) electrons. The third-order valence-electron chi connectivity index (χ3n) is 3.22. The molecular weight excluding hydrogens is 294 g/mol. The number of aromatic amines is 1. The Morgan fingerprint density at radius 1 is 1.30 bits per heavy atom. The molecule has 0 spiro atoms. The van der Waals surface area contributed by atoms with Crippen molar-refractivity contribution in [3.8, 4) is 11.5 Å². The molecule has 0 bridgehead atoms. The highest BCUT2D eigenvalue weighted by Crippen LogP contribution is 2.29. The lowest BCUT2D eigenvalue weighted by Gasteiger charge is -2.06. The molecule has 2 heterocycles. The molecule has 7 nitrogen and oxygen atoms in total. The number of carbonyl (C=O) groups excluding carboxylic acids is 1. The minimum Gasteiger partial charge on any atom is -0.455 e. The van der Waals surface area contributed by atoms with Gasteiger partial charge < -0.3 is 15.5 Å². The Hall–Kier alpha value is -3.35. The smallest absolute Gasteiger partial charge is 0.274 e. The van der Waals surface area contributed by atoms with Crippen molar-refractivity contribution in [3.05, 3.63) is 54.5 Å². The van der Waals surface area contributed by atoms with E-state index in [4.69, 9.17) is 10.5 Å².